The van der Waals surface area contributed by atoms with Crippen LogP contribution in [0.4, 0.5) is 0 Å². The molecule has 0 saturated carbocycles. The predicted molar refractivity (Wildman–Crippen MR) is 111 cm³/mol. The van der Waals surface area contributed by atoms with E-state index >= 15 is 0 Å². The molecule has 0 amide bonds. The summed E-state index contributed by atoms with van der Waals surface area (Å²) in [6.07, 6.45) is 4.10. The van der Waals surface area contributed by atoms with Gasteiger partial charge in [-0.2, -0.15) is 5.10 Å². The molecule has 5 nitrogen and oxygen atoms in total. The summed E-state index contributed by atoms with van der Waals surface area (Å²) in [5, 5.41) is 6.60. The van der Waals surface area contributed by atoms with E-state index in [9.17, 15) is 4.79 Å². The number of aryl methyl sites for hydroxylation is 2. The third kappa shape index (κ3) is 3.80. The summed E-state index contributed by atoms with van der Waals surface area (Å²) in [7, 11) is 3.62. The number of benzene rings is 2. The van der Waals surface area contributed by atoms with Gasteiger partial charge in [0, 0.05) is 43.4 Å². The Morgan fingerprint density at radius 3 is 2.75 bits per heavy atom. The van der Waals surface area contributed by atoms with Gasteiger partial charge in [0.25, 0.3) is 0 Å². The van der Waals surface area contributed by atoms with Crippen LogP contribution in [0.5, 0.6) is 5.75 Å². The Morgan fingerprint density at radius 1 is 1.21 bits per heavy atom. The zero-order chi connectivity index (χ0) is 19.7. The van der Waals surface area contributed by atoms with Crippen LogP contribution in [0.3, 0.4) is 0 Å². The fourth-order valence-corrected chi connectivity index (χ4v) is 4.20. The minimum atomic E-state index is 0.0569. The van der Waals surface area contributed by atoms with Gasteiger partial charge in [-0.3, -0.25) is 14.4 Å². The first-order valence-electron chi connectivity index (χ1n) is 9.87. The molecule has 4 rings (SSSR count). The van der Waals surface area contributed by atoms with Gasteiger partial charge in [0.15, 0.2) is 5.78 Å². The van der Waals surface area contributed by atoms with E-state index in [1.54, 1.807) is 7.11 Å². The van der Waals surface area contributed by atoms with Gasteiger partial charge < -0.3 is 4.74 Å². The van der Waals surface area contributed by atoms with Crippen LogP contribution >= 0.6 is 0 Å². The zero-order valence-corrected chi connectivity index (χ0v) is 16.8. The summed E-state index contributed by atoms with van der Waals surface area (Å²) in [5.74, 6) is 1.15. The van der Waals surface area contributed by atoms with Gasteiger partial charge >= 0.3 is 0 Å². The number of carbonyl (C=O) groups is 1. The third-order valence-corrected chi connectivity index (χ3v) is 5.72. The highest BCUT2D eigenvalue weighted by Crippen LogP contribution is 2.26. The number of Topliss-reactive ketones (excluding diaryl/α,β-unsaturated/α-hetero) is 1. The van der Waals surface area contributed by atoms with Crippen molar-refractivity contribution in [2.45, 2.75) is 26.3 Å². The van der Waals surface area contributed by atoms with Gasteiger partial charge in [0.2, 0.25) is 0 Å². The maximum Gasteiger partial charge on any atom is 0.167 e. The normalized spacial score (nSPS) is 17.8. The van der Waals surface area contributed by atoms with Crippen LogP contribution in [-0.4, -0.2) is 40.7 Å². The molecule has 1 fully saturated rings. The van der Waals surface area contributed by atoms with Crippen LogP contribution in [0.25, 0.3) is 10.8 Å². The van der Waals surface area contributed by atoms with Crippen molar-refractivity contribution in [1.29, 1.82) is 0 Å². The van der Waals surface area contributed by atoms with Crippen molar-refractivity contribution in [3.05, 3.63) is 59.4 Å². The van der Waals surface area contributed by atoms with E-state index in [-0.39, 0.29) is 11.7 Å². The maximum atomic E-state index is 13.2. The first kappa shape index (κ1) is 18.7. The average molecular weight is 377 g/mol. The molecule has 0 bridgehead atoms. The number of rotatable bonds is 5. The van der Waals surface area contributed by atoms with Crippen molar-refractivity contribution in [3.63, 3.8) is 0 Å². The molecule has 2 heterocycles. The third-order valence-electron chi connectivity index (χ3n) is 5.72. The summed E-state index contributed by atoms with van der Waals surface area (Å²) in [5.41, 5.74) is 3.12. The molecule has 0 N–H and O–H groups in total. The van der Waals surface area contributed by atoms with Gasteiger partial charge in [0.05, 0.1) is 12.8 Å². The molecule has 5 heteroatoms. The van der Waals surface area contributed by atoms with Crippen LogP contribution in [0.15, 0.2) is 42.6 Å². The lowest BCUT2D eigenvalue weighted by Gasteiger charge is -2.31. The smallest absolute Gasteiger partial charge is 0.167 e. The predicted octanol–water partition coefficient (Wildman–Crippen LogP) is 3.99. The number of fused-ring (bicyclic) bond motifs is 1. The molecule has 1 aliphatic rings. The monoisotopic (exact) mass is 377 g/mol. The van der Waals surface area contributed by atoms with Crippen molar-refractivity contribution in [2.24, 2.45) is 13.0 Å². The molecule has 1 aliphatic heterocycles. The number of hydrogen-bond acceptors (Lipinski definition) is 4. The highest BCUT2D eigenvalue weighted by Gasteiger charge is 2.27. The van der Waals surface area contributed by atoms with Crippen LogP contribution < -0.4 is 4.74 Å². The van der Waals surface area contributed by atoms with Crippen molar-refractivity contribution in [3.8, 4) is 5.75 Å². The van der Waals surface area contributed by atoms with Crippen LogP contribution in [-0.2, 0) is 13.6 Å². The molecule has 0 spiro atoms. The van der Waals surface area contributed by atoms with E-state index in [4.69, 9.17) is 4.74 Å². The topological polar surface area (TPSA) is 47.4 Å². The molecule has 2 aromatic carbocycles. The van der Waals surface area contributed by atoms with Crippen molar-refractivity contribution < 1.29 is 9.53 Å². The van der Waals surface area contributed by atoms with Crippen molar-refractivity contribution in [1.82, 2.24) is 14.7 Å². The lowest BCUT2D eigenvalue weighted by Crippen LogP contribution is -2.38. The minimum Gasteiger partial charge on any atom is -0.497 e. The highest BCUT2D eigenvalue weighted by molar-refractivity contribution is 6.01. The standard InChI is InChI=1S/C23H27N3O2/c1-16-21(13-25(2)24-16)15-26-10-4-5-20(14-26)23(27)19-7-6-18-12-22(28-3)9-8-17(18)11-19/h6-9,11-13,20H,4-5,10,14-15H2,1-3H3/t20-/m1/s1. The summed E-state index contributed by atoms with van der Waals surface area (Å²) in [4.78, 5) is 15.6. The number of aromatic nitrogens is 2. The fourth-order valence-electron chi connectivity index (χ4n) is 4.20. The van der Waals surface area contributed by atoms with Crippen molar-refractivity contribution >= 4 is 16.6 Å². The van der Waals surface area contributed by atoms with E-state index in [1.165, 1.54) is 5.56 Å². The maximum absolute atomic E-state index is 13.2. The fraction of sp³-hybridized carbons (Fsp3) is 0.391. The molecule has 0 unspecified atom stereocenters. The molecular weight excluding hydrogens is 350 g/mol. The lowest BCUT2D eigenvalue weighted by atomic mass is 9.89. The van der Waals surface area contributed by atoms with E-state index in [0.29, 0.717) is 0 Å². The summed E-state index contributed by atoms with van der Waals surface area (Å²) in [6.45, 7) is 4.76. The molecule has 28 heavy (non-hydrogen) atoms. The zero-order valence-electron chi connectivity index (χ0n) is 16.8. The number of nitrogens with zero attached hydrogens (tertiary/aromatic N) is 3. The number of likely N-dealkylation sites (tertiary alicyclic amines) is 1. The van der Waals surface area contributed by atoms with E-state index in [2.05, 4.69) is 16.2 Å². The summed E-state index contributed by atoms with van der Waals surface area (Å²) >= 11 is 0. The first-order chi connectivity index (χ1) is 13.5. The quantitative estimate of drug-likeness (QED) is 0.631. The second-order valence-electron chi connectivity index (χ2n) is 7.78. The molecule has 0 radical (unpaired) electrons. The Hall–Kier alpha value is -2.66. The Labute approximate surface area is 165 Å². The number of ketones is 1. The number of ether oxygens (including phenoxy) is 1. The van der Waals surface area contributed by atoms with Gasteiger partial charge in [-0.1, -0.05) is 18.2 Å². The Morgan fingerprint density at radius 2 is 2.00 bits per heavy atom. The molecular formula is C23H27N3O2. The van der Waals surface area contributed by atoms with Crippen LogP contribution in [0.1, 0.15) is 34.5 Å². The van der Waals surface area contributed by atoms with Gasteiger partial charge in [0.1, 0.15) is 5.75 Å². The summed E-state index contributed by atoms with van der Waals surface area (Å²) in [6, 6.07) is 11.9. The number of piperidine rings is 1. The first-order valence-corrected chi connectivity index (χ1v) is 9.87. The number of hydrogen-bond donors (Lipinski definition) is 0. The Bertz CT molecular complexity index is 1010. The Kier molecular flexibility index (Phi) is 5.18. The van der Waals surface area contributed by atoms with Gasteiger partial charge in [-0.25, -0.2) is 0 Å². The molecule has 1 aromatic heterocycles. The van der Waals surface area contributed by atoms with E-state index in [1.807, 2.05) is 55.1 Å². The molecule has 1 saturated heterocycles. The second kappa shape index (κ2) is 7.76. The van der Waals surface area contributed by atoms with E-state index < -0.39 is 0 Å². The number of methoxy groups -OCH3 is 1. The van der Waals surface area contributed by atoms with Gasteiger partial charge in [-0.05, 0) is 55.3 Å². The van der Waals surface area contributed by atoms with Crippen molar-refractivity contribution in [2.75, 3.05) is 20.2 Å². The van der Waals surface area contributed by atoms with Crippen LogP contribution in [0.2, 0.25) is 0 Å². The Balaban J connectivity index is 1.49. The lowest BCUT2D eigenvalue weighted by molar-refractivity contribution is 0.0811. The summed E-state index contributed by atoms with van der Waals surface area (Å²) < 4.78 is 7.15. The molecule has 146 valence electrons. The largest absolute Gasteiger partial charge is 0.497 e. The number of carbonyl (C=O) groups excluding carboxylic acids is 1. The second-order valence-corrected chi connectivity index (χ2v) is 7.78. The SMILES string of the molecule is COc1ccc2cc(C(=O)[C@@H]3CCCN(Cc4cn(C)nc4C)C3)ccc2c1. The molecule has 1 atom stereocenters. The van der Waals surface area contributed by atoms with Gasteiger partial charge in [-0.15, -0.1) is 0 Å². The van der Waals surface area contributed by atoms with E-state index in [0.717, 1.165) is 60.3 Å². The minimum absolute atomic E-state index is 0.0569. The highest BCUT2D eigenvalue weighted by atomic mass is 16.5. The molecule has 3 aromatic rings. The van der Waals surface area contributed by atoms with Crippen LogP contribution in [0, 0.1) is 12.8 Å². The molecule has 0 aliphatic carbocycles. The average Bonchev–Trinajstić information content (AvgIpc) is 3.03.